The predicted molar refractivity (Wildman–Crippen MR) is 106 cm³/mol. The summed E-state index contributed by atoms with van der Waals surface area (Å²) in [6.07, 6.45) is 0.420. The summed E-state index contributed by atoms with van der Waals surface area (Å²) >= 11 is 0. The van der Waals surface area contributed by atoms with Crippen molar-refractivity contribution in [2.75, 3.05) is 18.4 Å². The highest BCUT2D eigenvalue weighted by atomic mass is 16.2. The Balaban J connectivity index is 1.89. The van der Waals surface area contributed by atoms with Crippen molar-refractivity contribution in [1.29, 1.82) is 0 Å². The Bertz CT molecular complexity index is 809. The molecular weight excluding hydrogens is 342 g/mol. The second-order valence-electron chi connectivity index (χ2n) is 6.37. The molecule has 0 fully saturated rings. The molecule has 0 bridgehead atoms. The Hall–Kier alpha value is -3.15. The quantitative estimate of drug-likeness (QED) is 0.658. The van der Waals surface area contributed by atoms with E-state index in [4.69, 9.17) is 0 Å². The van der Waals surface area contributed by atoms with Gasteiger partial charge < -0.3 is 16.0 Å². The molecule has 0 aliphatic rings. The number of carbonyl (C=O) groups is 3. The Labute approximate surface area is 159 Å². The van der Waals surface area contributed by atoms with Crippen LogP contribution in [0.15, 0.2) is 42.5 Å². The largest absolute Gasteiger partial charge is 0.354 e. The lowest BCUT2D eigenvalue weighted by Gasteiger charge is -2.09. The van der Waals surface area contributed by atoms with E-state index in [-0.39, 0.29) is 17.7 Å². The summed E-state index contributed by atoms with van der Waals surface area (Å²) in [6, 6.07) is 12.4. The van der Waals surface area contributed by atoms with E-state index in [1.165, 1.54) is 0 Å². The fourth-order valence-electron chi connectivity index (χ4n) is 2.62. The fourth-order valence-corrected chi connectivity index (χ4v) is 2.62. The van der Waals surface area contributed by atoms with Crippen LogP contribution in [-0.2, 0) is 4.79 Å². The van der Waals surface area contributed by atoms with Gasteiger partial charge in [0.1, 0.15) is 0 Å². The van der Waals surface area contributed by atoms with Crippen molar-refractivity contribution in [3.8, 4) is 0 Å². The van der Waals surface area contributed by atoms with Crippen molar-refractivity contribution >= 4 is 23.4 Å². The third-order valence-corrected chi connectivity index (χ3v) is 3.94. The first kappa shape index (κ1) is 20.2. The number of benzene rings is 2. The van der Waals surface area contributed by atoms with Gasteiger partial charge in [-0.1, -0.05) is 24.1 Å². The van der Waals surface area contributed by atoms with Gasteiger partial charge in [-0.05, 0) is 50.2 Å². The molecule has 2 aromatic carbocycles. The Morgan fingerprint density at radius 1 is 0.778 bits per heavy atom. The van der Waals surface area contributed by atoms with Crippen molar-refractivity contribution in [3.05, 3.63) is 64.7 Å². The van der Waals surface area contributed by atoms with Crippen molar-refractivity contribution in [3.63, 3.8) is 0 Å². The van der Waals surface area contributed by atoms with Gasteiger partial charge in [0.05, 0.1) is 0 Å². The van der Waals surface area contributed by atoms with E-state index in [1.807, 2.05) is 32.0 Å². The summed E-state index contributed by atoms with van der Waals surface area (Å²) in [4.78, 5) is 35.6. The molecule has 0 aliphatic heterocycles. The lowest BCUT2D eigenvalue weighted by molar-refractivity contribution is -0.120. The maximum atomic E-state index is 12.4. The zero-order valence-corrected chi connectivity index (χ0v) is 15.9. The summed E-state index contributed by atoms with van der Waals surface area (Å²) < 4.78 is 0. The molecule has 0 atom stereocenters. The highest BCUT2D eigenvalue weighted by molar-refractivity contribution is 6.04. The number of amides is 3. The van der Waals surface area contributed by atoms with Gasteiger partial charge in [0.15, 0.2) is 0 Å². The third kappa shape index (κ3) is 6.26. The Morgan fingerprint density at radius 2 is 1.37 bits per heavy atom. The van der Waals surface area contributed by atoms with Gasteiger partial charge in [-0.15, -0.1) is 0 Å². The zero-order chi connectivity index (χ0) is 19.8. The molecule has 0 heterocycles. The molecule has 0 saturated carbocycles. The fraction of sp³-hybridized carbons (Fsp3) is 0.286. The lowest BCUT2D eigenvalue weighted by Crippen LogP contribution is -2.34. The van der Waals surface area contributed by atoms with Crippen LogP contribution < -0.4 is 16.0 Å². The first-order chi connectivity index (χ1) is 12.9. The van der Waals surface area contributed by atoms with E-state index >= 15 is 0 Å². The van der Waals surface area contributed by atoms with Crippen LogP contribution in [-0.4, -0.2) is 30.8 Å². The number of hydrogen-bond acceptors (Lipinski definition) is 3. The maximum absolute atomic E-state index is 12.4. The molecule has 0 aromatic heterocycles. The van der Waals surface area contributed by atoms with Gasteiger partial charge in [-0.25, -0.2) is 0 Å². The van der Waals surface area contributed by atoms with Crippen LogP contribution in [0.25, 0.3) is 0 Å². The second kappa shape index (κ2) is 9.52. The van der Waals surface area contributed by atoms with Gasteiger partial charge in [-0.2, -0.15) is 0 Å². The highest BCUT2D eigenvalue weighted by Crippen LogP contribution is 2.14. The molecule has 6 nitrogen and oxygen atoms in total. The minimum atomic E-state index is -0.229. The number of anilines is 1. The van der Waals surface area contributed by atoms with E-state index in [2.05, 4.69) is 16.0 Å². The molecule has 142 valence electrons. The molecule has 3 N–H and O–H groups in total. The van der Waals surface area contributed by atoms with Crippen LogP contribution in [0.5, 0.6) is 0 Å². The molecule has 2 aromatic rings. The number of aryl methyl sites for hydroxylation is 2. The van der Waals surface area contributed by atoms with Crippen molar-refractivity contribution in [1.82, 2.24) is 10.6 Å². The summed E-state index contributed by atoms with van der Waals surface area (Å²) in [7, 11) is 0. The number of nitrogens with one attached hydrogen (secondary N) is 3. The molecule has 2 rings (SSSR count). The van der Waals surface area contributed by atoms with E-state index in [9.17, 15) is 14.4 Å². The average Bonchev–Trinajstić information content (AvgIpc) is 2.64. The molecule has 6 heteroatoms. The molecule has 0 saturated heterocycles. The van der Waals surface area contributed by atoms with E-state index in [1.54, 1.807) is 31.2 Å². The topological polar surface area (TPSA) is 87.3 Å². The molecule has 27 heavy (non-hydrogen) atoms. The average molecular weight is 367 g/mol. The summed E-state index contributed by atoms with van der Waals surface area (Å²) in [5, 5.41) is 8.26. The van der Waals surface area contributed by atoms with Crippen LogP contribution in [0.3, 0.4) is 0 Å². The first-order valence-corrected chi connectivity index (χ1v) is 8.93. The minimum absolute atomic E-state index is 0.0480. The van der Waals surface area contributed by atoms with E-state index < -0.39 is 0 Å². The smallest absolute Gasteiger partial charge is 0.255 e. The zero-order valence-electron chi connectivity index (χ0n) is 15.9. The third-order valence-electron chi connectivity index (χ3n) is 3.94. The van der Waals surface area contributed by atoms with Gasteiger partial charge in [0.2, 0.25) is 5.91 Å². The van der Waals surface area contributed by atoms with Crippen LogP contribution >= 0.6 is 0 Å². The van der Waals surface area contributed by atoms with Gasteiger partial charge in [-0.3, -0.25) is 14.4 Å². The van der Waals surface area contributed by atoms with Gasteiger partial charge in [0, 0.05) is 36.3 Å². The lowest BCUT2D eigenvalue weighted by atomic mass is 10.1. The summed E-state index contributed by atoms with van der Waals surface area (Å²) in [5.74, 6) is -0.466. The first-order valence-electron chi connectivity index (χ1n) is 8.93. The Kier molecular flexibility index (Phi) is 7.11. The number of rotatable bonds is 7. The predicted octanol–water partition coefficient (Wildman–Crippen LogP) is 2.81. The number of hydrogen-bond donors (Lipinski definition) is 3. The maximum Gasteiger partial charge on any atom is 0.255 e. The second-order valence-corrected chi connectivity index (χ2v) is 6.37. The van der Waals surface area contributed by atoms with Crippen LogP contribution in [0.4, 0.5) is 5.69 Å². The molecule has 0 spiro atoms. The Morgan fingerprint density at radius 3 is 1.96 bits per heavy atom. The SMILES string of the molecule is CCC(=O)NCCNC(=O)c1ccc(NC(=O)c2cc(C)cc(C)c2)cc1. The number of carbonyl (C=O) groups excluding carboxylic acids is 3. The molecule has 0 aliphatic carbocycles. The van der Waals surface area contributed by atoms with Crippen molar-refractivity contribution in [2.45, 2.75) is 27.2 Å². The van der Waals surface area contributed by atoms with Gasteiger partial charge in [0.25, 0.3) is 11.8 Å². The highest BCUT2D eigenvalue weighted by Gasteiger charge is 2.09. The van der Waals surface area contributed by atoms with Crippen LogP contribution in [0.2, 0.25) is 0 Å². The normalized spacial score (nSPS) is 10.2. The van der Waals surface area contributed by atoms with E-state index in [0.717, 1.165) is 11.1 Å². The van der Waals surface area contributed by atoms with Crippen molar-refractivity contribution < 1.29 is 14.4 Å². The molecule has 3 amide bonds. The van der Waals surface area contributed by atoms with Gasteiger partial charge >= 0.3 is 0 Å². The van der Waals surface area contributed by atoms with Crippen LogP contribution in [0, 0.1) is 13.8 Å². The van der Waals surface area contributed by atoms with Crippen LogP contribution in [0.1, 0.15) is 45.2 Å². The summed E-state index contributed by atoms with van der Waals surface area (Å²) in [6.45, 7) is 6.42. The minimum Gasteiger partial charge on any atom is -0.354 e. The monoisotopic (exact) mass is 367 g/mol. The van der Waals surface area contributed by atoms with E-state index in [0.29, 0.717) is 36.3 Å². The molecular formula is C21H25N3O3. The molecule has 0 unspecified atom stereocenters. The summed E-state index contributed by atoms with van der Waals surface area (Å²) in [5.41, 5.74) is 3.76. The van der Waals surface area contributed by atoms with Crippen molar-refractivity contribution in [2.24, 2.45) is 0 Å². The molecule has 0 radical (unpaired) electrons. The standard InChI is InChI=1S/C21H25N3O3/c1-4-19(25)22-9-10-23-20(26)16-5-7-18(8-6-16)24-21(27)17-12-14(2)11-15(3)13-17/h5-8,11-13H,4,9-10H2,1-3H3,(H,22,25)(H,23,26)(H,24,27).